The van der Waals surface area contributed by atoms with Gasteiger partial charge in [0, 0.05) is 6.54 Å². The summed E-state index contributed by atoms with van der Waals surface area (Å²) in [5, 5.41) is 14.9. The molecular weight excluding hydrogens is 216 g/mol. The van der Waals surface area contributed by atoms with Gasteiger partial charge in [-0.25, -0.2) is 4.79 Å². The SMILES string of the molecule is CCCCNC(=O)N[C@H](C)c1cccc(O)c1. The standard InChI is InChI=1S/C13H20N2O2/c1-3-4-8-14-13(17)15-10(2)11-6-5-7-12(16)9-11/h5-7,9-10,16H,3-4,8H2,1-2H3,(H2,14,15,17)/t10-/m1/s1. The number of unbranched alkanes of at least 4 members (excludes halogenated alkanes) is 1. The molecule has 1 aromatic carbocycles. The average Bonchev–Trinajstić information content (AvgIpc) is 2.29. The van der Waals surface area contributed by atoms with Crippen molar-refractivity contribution in [3.8, 4) is 5.75 Å². The smallest absolute Gasteiger partial charge is 0.315 e. The van der Waals surface area contributed by atoms with E-state index in [0.717, 1.165) is 18.4 Å². The number of hydrogen-bond donors (Lipinski definition) is 3. The van der Waals surface area contributed by atoms with Crippen molar-refractivity contribution in [2.24, 2.45) is 0 Å². The molecule has 0 aliphatic carbocycles. The van der Waals surface area contributed by atoms with Gasteiger partial charge < -0.3 is 15.7 Å². The van der Waals surface area contributed by atoms with Crippen molar-refractivity contribution in [2.75, 3.05) is 6.54 Å². The maximum atomic E-state index is 11.5. The van der Waals surface area contributed by atoms with Gasteiger partial charge in [0.2, 0.25) is 0 Å². The molecule has 0 saturated heterocycles. The van der Waals surface area contributed by atoms with Crippen molar-refractivity contribution >= 4 is 6.03 Å². The summed E-state index contributed by atoms with van der Waals surface area (Å²) >= 11 is 0. The van der Waals surface area contributed by atoms with Gasteiger partial charge in [0.15, 0.2) is 0 Å². The summed E-state index contributed by atoms with van der Waals surface area (Å²) < 4.78 is 0. The van der Waals surface area contributed by atoms with Crippen LogP contribution in [0.1, 0.15) is 38.3 Å². The van der Waals surface area contributed by atoms with Crippen LogP contribution in [0.25, 0.3) is 0 Å². The first-order valence-corrected chi connectivity index (χ1v) is 5.96. The first-order valence-electron chi connectivity index (χ1n) is 5.96. The number of hydrogen-bond acceptors (Lipinski definition) is 2. The number of aromatic hydroxyl groups is 1. The molecule has 1 aromatic rings. The Hall–Kier alpha value is -1.71. The Morgan fingerprint density at radius 2 is 2.24 bits per heavy atom. The van der Waals surface area contributed by atoms with E-state index in [0.29, 0.717) is 6.54 Å². The molecule has 3 N–H and O–H groups in total. The number of carbonyl (C=O) groups excluding carboxylic acids is 1. The van der Waals surface area contributed by atoms with Crippen LogP contribution in [0.3, 0.4) is 0 Å². The Labute approximate surface area is 102 Å². The third kappa shape index (κ3) is 4.76. The normalized spacial score (nSPS) is 11.9. The molecule has 1 rings (SSSR count). The molecule has 0 radical (unpaired) electrons. The molecule has 0 bridgehead atoms. The lowest BCUT2D eigenvalue weighted by atomic mass is 10.1. The van der Waals surface area contributed by atoms with Gasteiger partial charge in [-0.15, -0.1) is 0 Å². The lowest BCUT2D eigenvalue weighted by Gasteiger charge is -2.15. The molecule has 17 heavy (non-hydrogen) atoms. The zero-order chi connectivity index (χ0) is 12.7. The van der Waals surface area contributed by atoms with Crippen LogP contribution < -0.4 is 10.6 Å². The molecule has 0 fully saturated rings. The number of nitrogens with one attached hydrogen (secondary N) is 2. The maximum absolute atomic E-state index is 11.5. The third-order valence-electron chi connectivity index (χ3n) is 2.53. The Kier molecular flexibility index (Phi) is 5.33. The topological polar surface area (TPSA) is 61.4 Å². The molecule has 0 spiro atoms. The second-order valence-electron chi connectivity index (χ2n) is 4.07. The number of phenolic OH excluding ortho intramolecular Hbond substituents is 1. The Balaban J connectivity index is 2.43. The van der Waals surface area contributed by atoms with Crippen LogP contribution in [-0.2, 0) is 0 Å². The summed E-state index contributed by atoms with van der Waals surface area (Å²) in [7, 11) is 0. The van der Waals surface area contributed by atoms with Crippen molar-refractivity contribution in [2.45, 2.75) is 32.7 Å². The minimum atomic E-state index is -0.172. The van der Waals surface area contributed by atoms with E-state index in [9.17, 15) is 9.90 Å². The molecule has 4 nitrogen and oxygen atoms in total. The minimum absolute atomic E-state index is 0.122. The minimum Gasteiger partial charge on any atom is -0.508 e. The van der Waals surface area contributed by atoms with Gasteiger partial charge in [-0.05, 0) is 31.0 Å². The van der Waals surface area contributed by atoms with Gasteiger partial charge in [-0.2, -0.15) is 0 Å². The molecular formula is C13H20N2O2. The van der Waals surface area contributed by atoms with Gasteiger partial charge in [0.1, 0.15) is 5.75 Å². The van der Waals surface area contributed by atoms with Gasteiger partial charge >= 0.3 is 6.03 Å². The molecule has 0 unspecified atom stereocenters. The fourth-order valence-corrected chi connectivity index (χ4v) is 1.50. The molecule has 1 atom stereocenters. The maximum Gasteiger partial charge on any atom is 0.315 e. The van der Waals surface area contributed by atoms with E-state index < -0.39 is 0 Å². The molecule has 2 amide bonds. The van der Waals surface area contributed by atoms with E-state index in [2.05, 4.69) is 17.6 Å². The van der Waals surface area contributed by atoms with E-state index in [-0.39, 0.29) is 17.8 Å². The van der Waals surface area contributed by atoms with Gasteiger partial charge in [0.05, 0.1) is 6.04 Å². The van der Waals surface area contributed by atoms with Crippen LogP contribution in [0.5, 0.6) is 5.75 Å². The highest BCUT2D eigenvalue weighted by Crippen LogP contribution is 2.17. The van der Waals surface area contributed by atoms with Crippen LogP contribution >= 0.6 is 0 Å². The number of carbonyl (C=O) groups is 1. The van der Waals surface area contributed by atoms with Crippen molar-refractivity contribution in [1.29, 1.82) is 0 Å². The lowest BCUT2D eigenvalue weighted by Crippen LogP contribution is -2.37. The summed E-state index contributed by atoms with van der Waals surface area (Å²) in [5.74, 6) is 0.211. The fourth-order valence-electron chi connectivity index (χ4n) is 1.50. The van der Waals surface area contributed by atoms with E-state index in [1.165, 1.54) is 0 Å². The second-order valence-corrected chi connectivity index (χ2v) is 4.07. The molecule has 0 aliphatic rings. The Bertz CT molecular complexity index is 366. The van der Waals surface area contributed by atoms with E-state index in [1.54, 1.807) is 18.2 Å². The quantitative estimate of drug-likeness (QED) is 0.688. The zero-order valence-electron chi connectivity index (χ0n) is 10.4. The highest BCUT2D eigenvalue weighted by Gasteiger charge is 2.08. The zero-order valence-corrected chi connectivity index (χ0v) is 10.4. The Morgan fingerprint density at radius 1 is 1.47 bits per heavy atom. The van der Waals surface area contributed by atoms with Crippen molar-refractivity contribution < 1.29 is 9.90 Å². The van der Waals surface area contributed by atoms with Crippen LogP contribution in [0.2, 0.25) is 0 Å². The number of phenols is 1. The van der Waals surface area contributed by atoms with Crippen LogP contribution in [-0.4, -0.2) is 17.7 Å². The molecule has 0 heterocycles. The summed E-state index contributed by atoms with van der Waals surface area (Å²) in [6.07, 6.45) is 2.04. The summed E-state index contributed by atoms with van der Waals surface area (Å²) in [4.78, 5) is 11.5. The highest BCUT2D eigenvalue weighted by atomic mass is 16.3. The van der Waals surface area contributed by atoms with Gasteiger partial charge in [-0.1, -0.05) is 25.5 Å². The van der Waals surface area contributed by atoms with Crippen LogP contribution in [0.4, 0.5) is 4.79 Å². The Morgan fingerprint density at radius 3 is 2.88 bits per heavy atom. The molecule has 94 valence electrons. The van der Waals surface area contributed by atoms with Crippen LogP contribution in [0.15, 0.2) is 24.3 Å². The van der Waals surface area contributed by atoms with Crippen molar-refractivity contribution in [3.63, 3.8) is 0 Å². The summed E-state index contributed by atoms with van der Waals surface area (Å²) in [6, 6.07) is 6.60. The van der Waals surface area contributed by atoms with Crippen molar-refractivity contribution in [1.82, 2.24) is 10.6 Å². The monoisotopic (exact) mass is 236 g/mol. The lowest BCUT2D eigenvalue weighted by molar-refractivity contribution is 0.237. The highest BCUT2D eigenvalue weighted by molar-refractivity contribution is 5.74. The number of amides is 2. The largest absolute Gasteiger partial charge is 0.508 e. The summed E-state index contributed by atoms with van der Waals surface area (Å²) in [5.41, 5.74) is 0.885. The van der Waals surface area contributed by atoms with Gasteiger partial charge in [-0.3, -0.25) is 0 Å². The first kappa shape index (κ1) is 13.4. The number of rotatable bonds is 5. The van der Waals surface area contributed by atoms with Crippen LogP contribution in [0, 0.1) is 0 Å². The predicted molar refractivity (Wildman–Crippen MR) is 68.0 cm³/mol. The van der Waals surface area contributed by atoms with E-state index >= 15 is 0 Å². The average molecular weight is 236 g/mol. The fraction of sp³-hybridized carbons (Fsp3) is 0.462. The predicted octanol–water partition coefficient (Wildman–Crippen LogP) is 2.55. The molecule has 0 aromatic heterocycles. The molecule has 0 saturated carbocycles. The van der Waals surface area contributed by atoms with E-state index in [4.69, 9.17) is 0 Å². The number of urea groups is 1. The number of benzene rings is 1. The first-order chi connectivity index (χ1) is 8.13. The van der Waals surface area contributed by atoms with Gasteiger partial charge in [0.25, 0.3) is 0 Å². The third-order valence-corrected chi connectivity index (χ3v) is 2.53. The summed E-state index contributed by atoms with van der Waals surface area (Å²) in [6.45, 7) is 4.65. The van der Waals surface area contributed by atoms with Crippen molar-refractivity contribution in [3.05, 3.63) is 29.8 Å². The van der Waals surface area contributed by atoms with E-state index in [1.807, 2.05) is 13.0 Å². The second kappa shape index (κ2) is 6.78. The molecule has 0 aliphatic heterocycles. The molecule has 4 heteroatoms.